The highest BCUT2D eigenvalue weighted by molar-refractivity contribution is 5.73. The molecule has 1 saturated heterocycles. The number of fused-ring (bicyclic) bond motifs is 1. The Morgan fingerprint density at radius 1 is 1.35 bits per heavy atom. The number of aliphatic hydroxyl groups excluding tert-OH is 2. The highest BCUT2D eigenvalue weighted by Crippen LogP contribution is 2.31. The van der Waals surface area contributed by atoms with Crippen LogP contribution in [0.25, 0.3) is 11.0 Å². The van der Waals surface area contributed by atoms with Crippen molar-refractivity contribution >= 4 is 11.0 Å². The third kappa shape index (κ3) is 1.61. The quantitative estimate of drug-likeness (QED) is 0.654. The molecule has 3 heterocycles. The van der Waals surface area contributed by atoms with E-state index in [1.165, 1.54) is 0 Å². The van der Waals surface area contributed by atoms with Crippen molar-refractivity contribution in [1.82, 2.24) is 15.0 Å². The molecular weight excluding hydrogens is 222 g/mol. The van der Waals surface area contributed by atoms with Crippen molar-refractivity contribution in [1.29, 1.82) is 0 Å². The average molecular weight is 235 g/mol. The molecule has 0 aromatic carbocycles. The Morgan fingerprint density at radius 3 is 2.88 bits per heavy atom. The van der Waals surface area contributed by atoms with E-state index in [1.807, 2.05) is 6.07 Å². The number of hydrogen-bond acceptors (Lipinski definition) is 5. The van der Waals surface area contributed by atoms with E-state index in [0.717, 1.165) is 5.39 Å². The van der Waals surface area contributed by atoms with E-state index in [2.05, 4.69) is 15.0 Å². The van der Waals surface area contributed by atoms with Gasteiger partial charge in [-0.1, -0.05) is 0 Å². The summed E-state index contributed by atoms with van der Waals surface area (Å²) >= 11 is 0. The molecule has 3 N–H and O–H groups in total. The van der Waals surface area contributed by atoms with E-state index in [1.54, 1.807) is 19.3 Å². The Labute approximate surface area is 97.3 Å². The molecule has 2 aromatic heterocycles. The summed E-state index contributed by atoms with van der Waals surface area (Å²) in [7, 11) is 0. The molecule has 0 unspecified atom stereocenters. The maximum Gasteiger partial charge on any atom is 0.162 e. The van der Waals surface area contributed by atoms with E-state index >= 15 is 0 Å². The molecule has 1 fully saturated rings. The number of H-pyrrole nitrogens is 1. The van der Waals surface area contributed by atoms with Crippen molar-refractivity contribution in [2.75, 3.05) is 0 Å². The number of ether oxygens (including phenoxy) is 1. The largest absolute Gasteiger partial charge is 0.388 e. The van der Waals surface area contributed by atoms with Crippen LogP contribution in [-0.4, -0.2) is 43.5 Å². The maximum absolute atomic E-state index is 9.84. The first-order chi connectivity index (χ1) is 8.16. The van der Waals surface area contributed by atoms with E-state index in [4.69, 9.17) is 4.74 Å². The second-order valence-electron chi connectivity index (χ2n) is 4.25. The second-order valence-corrected chi connectivity index (χ2v) is 4.25. The summed E-state index contributed by atoms with van der Waals surface area (Å²) in [6.07, 6.45) is 0.456. The zero-order valence-electron chi connectivity index (χ0n) is 9.24. The van der Waals surface area contributed by atoms with Gasteiger partial charge in [-0.05, 0) is 13.0 Å². The zero-order valence-corrected chi connectivity index (χ0v) is 9.24. The molecule has 0 bridgehead atoms. The van der Waals surface area contributed by atoms with Gasteiger partial charge in [-0.3, -0.25) is 0 Å². The minimum atomic E-state index is -0.989. The standard InChI is InChI=1S/C11H13N3O3/c1-5-7(15)8(16)9(17-5)11-13-4-6-2-3-12-10(6)14-11/h2-5,7-9,15-16H,1H3,(H,12,13,14)/t5-,7-,8-,9-/m1/s1. The molecular formula is C11H13N3O3. The normalized spacial score (nSPS) is 33.4. The van der Waals surface area contributed by atoms with Crippen LogP contribution >= 0.6 is 0 Å². The number of hydrogen-bond donors (Lipinski definition) is 3. The van der Waals surface area contributed by atoms with Crippen LogP contribution in [0.1, 0.15) is 18.9 Å². The minimum absolute atomic E-state index is 0.385. The van der Waals surface area contributed by atoms with Gasteiger partial charge in [-0.25, -0.2) is 9.97 Å². The van der Waals surface area contributed by atoms with Crippen molar-refractivity contribution in [3.05, 3.63) is 24.3 Å². The van der Waals surface area contributed by atoms with Gasteiger partial charge in [-0.2, -0.15) is 0 Å². The number of rotatable bonds is 1. The summed E-state index contributed by atoms with van der Waals surface area (Å²) in [5, 5.41) is 20.4. The predicted octanol–water partition coefficient (Wildman–Crippen LogP) is 0.139. The highest BCUT2D eigenvalue weighted by atomic mass is 16.5. The molecule has 6 nitrogen and oxygen atoms in total. The molecule has 3 rings (SSSR count). The molecule has 6 heteroatoms. The summed E-state index contributed by atoms with van der Waals surface area (Å²) in [5.74, 6) is 0.385. The lowest BCUT2D eigenvalue weighted by Gasteiger charge is -2.12. The lowest BCUT2D eigenvalue weighted by Crippen LogP contribution is -2.29. The van der Waals surface area contributed by atoms with Crippen molar-refractivity contribution in [2.45, 2.75) is 31.3 Å². The van der Waals surface area contributed by atoms with Gasteiger partial charge in [0.15, 0.2) is 5.82 Å². The molecule has 0 aliphatic carbocycles. The van der Waals surface area contributed by atoms with Crippen LogP contribution < -0.4 is 0 Å². The van der Waals surface area contributed by atoms with Gasteiger partial charge in [0.05, 0.1) is 6.10 Å². The van der Waals surface area contributed by atoms with Crippen LogP contribution in [0.4, 0.5) is 0 Å². The SMILES string of the molecule is C[C@H]1O[C@@H](c2ncc3cc[nH]c3n2)[C@H](O)[C@@H]1O. The summed E-state index contributed by atoms with van der Waals surface area (Å²) < 4.78 is 5.46. The molecule has 1 aliphatic heterocycles. The van der Waals surface area contributed by atoms with Crippen LogP contribution in [0.3, 0.4) is 0 Å². The molecule has 0 amide bonds. The molecule has 90 valence electrons. The smallest absolute Gasteiger partial charge is 0.162 e. The van der Waals surface area contributed by atoms with E-state index < -0.39 is 24.4 Å². The van der Waals surface area contributed by atoms with Gasteiger partial charge in [0.1, 0.15) is 24.0 Å². The van der Waals surface area contributed by atoms with E-state index in [0.29, 0.717) is 11.5 Å². The lowest BCUT2D eigenvalue weighted by atomic mass is 10.1. The first-order valence-corrected chi connectivity index (χ1v) is 5.48. The van der Waals surface area contributed by atoms with Gasteiger partial charge in [0.25, 0.3) is 0 Å². The molecule has 0 saturated carbocycles. The summed E-state index contributed by atoms with van der Waals surface area (Å²) in [6, 6.07) is 1.86. The maximum atomic E-state index is 9.84. The van der Waals surface area contributed by atoms with Crippen molar-refractivity contribution in [2.24, 2.45) is 0 Å². The molecule has 4 atom stereocenters. The molecule has 0 radical (unpaired) electrons. The molecule has 2 aromatic rings. The van der Waals surface area contributed by atoms with Gasteiger partial charge < -0.3 is 19.9 Å². The monoisotopic (exact) mass is 235 g/mol. The summed E-state index contributed by atoms with van der Waals surface area (Å²) in [5.41, 5.74) is 0.694. The second kappa shape index (κ2) is 3.76. The predicted molar refractivity (Wildman–Crippen MR) is 59.2 cm³/mol. The Kier molecular flexibility index (Phi) is 2.36. The highest BCUT2D eigenvalue weighted by Gasteiger charge is 2.42. The van der Waals surface area contributed by atoms with Crippen LogP contribution in [0.2, 0.25) is 0 Å². The summed E-state index contributed by atoms with van der Waals surface area (Å²) in [4.78, 5) is 11.4. The first-order valence-electron chi connectivity index (χ1n) is 5.48. The van der Waals surface area contributed by atoms with E-state index in [-0.39, 0.29) is 0 Å². The van der Waals surface area contributed by atoms with Crippen LogP contribution in [0.5, 0.6) is 0 Å². The Hall–Kier alpha value is -1.50. The van der Waals surface area contributed by atoms with Gasteiger partial charge in [-0.15, -0.1) is 0 Å². The fourth-order valence-electron chi connectivity index (χ4n) is 2.05. The molecule has 0 spiro atoms. The third-order valence-electron chi connectivity index (χ3n) is 3.08. The fraction of sp³-hybridized carbons (Fsp3) is 0.455. The van der Waals surface area contributed by atoms with Crippen LogP contribution in [0.15, 0.2) is 18.5 Å². The fourth-order valence-corrected chi connectivity index (χ4v) is 2.05. The first kappa shape index (κ1) is 10.6. The van der Waals surface area contributed by atoms with Gasteiger partial charge in [0, 0.05) is 17.8 Å². The topological polar surface area (TPSA) is 91.3 Å². The Bertz CT molecular complexity index is 541. The minimum Gasteiger partial charge on any atom is -0.388 e. The zero-order chi connectivity index (χ0) is 12.0. The van der Waals surface area contributed by atoms with Crippen LogP contribution in [0, 0.1) is 0 Å². The average Bonchev–Trinajstić information content (AvgIpc) is 2.89. The number of nitrogens with zero attached hydrogens (tertiary/aromatic N) is 2. The van der Waals surface area contributed by atoms with Gasteiger partial charge in [0.2, 0.25) is 0 Å². The van der Waals surface area contributed by atoms with Crippen molar-refractivity contribution in [3.63, 3.8) is 0 Å². The third-order valence-corrected chi connectivity index (χ3v) is 3.08. The van der Waals surface area contributed by atoms with Gasteiger partial charge >= 0.3 is 0 Å². The number of aromatic nitrogens is 3. The Morgan fingerprint density at radius 2 is 2.18 bits per heavy atom. The molecule has 1 aliphatic rings. The van der Waals surface area contributed by atoms with Crippen molar-refractivity contribution in [3.8, 4) is 0 Å². The van der Waals surface area contributed by atoms with Crippen molar-refractivity contribution < 1.29 is 14.9 Å². The lowest BCUT2D eigenvalue weighted by molar-refractivity contribution is 0.00984. The van der Waals surface area contributed by atoms with Crippen LogP contribution in [-0.2, 0) is 4.74 Å². The number of nitrogens with one attached hydrogen (secondary N) is 1. The number of aromatic amines is 1. The Balaban J connectivity index is 1.98. The molecule has 17 heavy (non-hydrogen) atoms. The number of aliphatic hydroxyl groups is 2. The summed E-state index contributed by atoms with van der Waals surface area (Å²) in [6.45, 7) is 1.71. The van der Waals surface area contributed by atoms with E-state index in [9.17, 15) is 10.2 Å².